The number of benzene rings is 1. The molecule has 1 aliphatic rings. The summed E-state index contributed by atoms with van der Waals surface area (Å²) < 4.78 is 2.31. The molecule has 0 spiro atoms. The number of hydrogen-bond acceptors (Lipinski definition) is 1. The van der Waals surface area contributed by atoms with E-state index in [1.165, 1.54) is 10.9 Å². The van der Waals surface area contributed by atoms with E-state index in [9.17, 15) is 0 Å². The van der Waals surface area contributed by atoms with Crippen LogP contribution in [0.2, 0.25) is 0 Å². The number of guanidine groups is 1. The molecule has 0 bridgehead atoms. The molecule has 1 heterocycles. The third kappa shape index (κ3) is 4.73. The molecule has 1 aliphatic carbocycles. The quantitative estimate of drug-likeness (QED) is 0.254. The Balaban J connectivity index is 0.00000192. The lowest BCUT2D eigenvalue weighted by Crippen LogP contribution is -2.42. The van der Waals surface area contributed by atoms with Crippen molar-refractivity contribution in [2.24, 2.45) is 4.99 Å². The van der Waals surface area contributed by atoms with Crippen LogP contribution in [0.5, 0.6) is 0 Å². The van der Waals surface area contributed by atoms with Gasteiger partial charge in [-0.2, -0.15) is 0 Å². The van der Waals surface area contributed by atoms with E-state index in [0.29, 0.717) is 6.04 Å². The van der Waals surface area contributed by atoms with Crippen LogP contribution in [0.25, 0.3) is 10.9 Å². The Bertz CT molecular complexity index is 666. The smallest absolute Gasteiger partial charge is 0.191 e. The van der Waals surface area contributed by atoms with Gasteiger partial charge in [-0.25, -0.2) is 0 Å². The monoisotopic (exact) mass is 424 g/mol. The highest BCUT2D eigenvalue weighted by molar-refractivity contribution is 14.0. The molecule has 0 saturated carbocycles. The van der Waals surface area contributed by atoms with E-state index < -0.39 is 0 Å². The molecule has 23 heavy (non-hydrogen) atoms. The number of fused-ring (bicyclic) bond motifs is 1. The number of nitrogens with zero attached hydrogens (tertiary/aromatic N) is 2. The van der Waals surface area contributed by atoms with Crippen LogP contribution in [0.4, 0.5) is 0 Å². The van der Waals surface area contributed by atoms with Crippen LogP contribution in [0.1, 0.15) is 19.3 Å². The average molecular weight is 424 g/mol. The van der Waals surface area contributed by atoms with Gasteiger partial charge in [-0.15, -0.1) is 24.0 Å². The Kier molecular flexibility index (Phi) is 6.95. The Morgan fingerprint density at radius 1 is 1.22 bits per heavy atom. The molecular formula is C18H25IN4. The number of halogens is 1. The van der Waals surface area contributed by atoms with Gasteiger partial charge in [-0.3, -0.25) is 4.99 Å². The topological polar surface area (TPSA) is 41.4 Å². The molecule has 124 valence electrons. The van der Waals surface area contributed by atoms with Crippen molar-refractivity contribution in [3.05, 3.63) is 48.7 Å². The molecule has 1 aromatic carbocycles. The van der Waals surface area contributed by atoms with Crippen LogP contribution < -0.4 is 10.6 Å². The van der Waals surface area contributed by atoms with Gasteiger partial charge in [0, 0.05) is 37.9 Å². The van der Waals surface area contributed by atoms with Gasteiger partial charge in [0.2, 0.25) is 0 Å². The van der Waals surface area contributed by atoms with Crippen LogP contribution in [0.15, 0.2) is 53.7 Å². The lowest BCUT2D eigenvalue weighted by Gasteiger charge is -2.17. The molecule has 0 saturated heterocycles. The fraction of sp³-hybridized carbons (Fsp3) is 0.389. The van der Waals surface area contributed by atoms with Gasteiger partial charge < -0.3 is 15.2 Å². The van der Waals surface area contributed by atoms with Gasteiger partial charge >= 0.3 is 0 Å². The molecule has 0 fully saturated rings. The minimum atomic E-state index is 0. The van der Waals surface area contributed by atoms with E-state index >= 15 is 0 Å². The minimum Gasteiger partial charge on any atom is -0.356 e. The van der Waals surface area contributed by atoms with E-state index in [0.717, 1.165) is 38.3 Å². The van der Waals surface area contributed by atoms with E-state index in [1.807, 2.05) is 7.05 Å². The number of nitrogens with one attached hydrogen (secondary N) is 2. The highest BCUT2D eigenvalue weighted by Crippen LogP contribution is 2.15. The fourth-order valence-corrected chi connectivity index (χ4v) is 2.91. The van der Waals surface area contributed by atoms with Crippen LogP contribution in [0.3, 0.4) is 0 Å². The number of aryl methyl sites for hydroxylation is 1. The maximum atomic E-state index is 4.30. The Labute approximate surface area is 155 Å². The number of hydrogen-bond donors (Lipinski definition) is 2. The number of para-hydroxylation sites is 1. The first-order valence-corrected chi connectivity index (χ1v) is 8.03. The molecule has 0 radical (unpaired) electrons. The van der Waals surface area contributed by atoms with Gasteiger partial charge in [0.1, 0.15) is 0 Å². The highest BCUT2D eigenvalue weighted by Gasteiger charge is 2.11. The van der Waals surface area contributed by atoms with Crippen LogP contribution in [0, 0.1) is 0 Å². The molecule has 1 aromatic heterocycles. The summed E-state index contributed by atoms with van der Waals surface area (Å²) in [5.41, 5.74) is 1.31. The summed E-state index contributed by atoms with van der Waals surface area (Å²) in [6, 6.07) is 11.2. The van der Waals surface area contributed by atoms with Gasteiger partial charge in [0.25, 0.3) is 0 Å². The molecule has 0 unspecified atom stereocenters. The zero-order valence-corrected chi connectivity index (χ0v) is 15.9. The summed E-state index contributed by atoms with van der Waals surface area (Å²) in [5, 5.41) is 8.17. The van der Waals surface area contributed by atoms with E-state index in [2.05, 4.69) is 68.9 Å². The largest absolute Gasteiger partial charge is 0.356 e. The zero-order valence-electron chi connectivity index (χ0n) is 13.5. The maximum absolute atomic E-state index is 4.30. The van der Waals surface area contributed by atoms with Crippen molar-refractivity contribution in [2.45, 2.75) is 31.8 Å². The summed E-state index contributed by atoms with van der Waals surface area (Å²) in [7, 11) is 1.83. The molecule has 3 rings (SSSR count). The van der Waals surface area contributed by atoms with Gasteiger partial charge in [0.05, 0.1) is 0 Å². The molecule has 0 atom stereocenters. The van der Waals surface area contributed by atoms with Crippen LogP contribution in [-0.4, -0.2) is 30.2 Å². The summed E-state index contributed by atoms with van der Waals surface area (Å²) in [5.74, 6) is 0.908. The first-order chi connectivity index (χ1) is 10.9. The van der Waals surface area contributed by atoms with E-state index in [-0.39, 0.29) is 24.0 Å². The summed E-state index contributed by atoms with van der Waals surface area (Å²) in [6.07, 6.45) is 9.88. The van der Waals surface area contributed by atoms with Crippen molar-refractivity contribution in [1.29, 1.82) is 0 Å². The van der Waals surface area contributed by atoms with Gasteiger partial charge in [-0.1, -0.05) is 30.4 Å². The summed E-state index contributed by atoms with van der Waals surface area (Å²) in [6.45, 7) is 1.94. The first-order valence-electron chi connectivity index (χ1n) is 8.03. The van der Waals surface area contributed by atoms with Crippen molar-refractivity contribution in [2.75, 3.05) is 13.6 Å². The van der Waals surface area contributed by atoms with Crippen molar-refractivity contribution in [3.63, 3.8) is 0 Å². The van der Waals surface area contributed by atoms with Crippen molar-refractivity contribution in [3.8, 4) is 0 Å². The van der Waals surface area contributed by atoms with E-state index in [4.69, 9.17) is 0 Å². The highest BCUT2D eigenvalue weighted by atomic mass is 127. The molecule has 0 aliphatic heterocycles. The second-order valence-electron chi connectivity index (χ2n) is 5.70. The molecule has 5 heteroatoms. The predicted octanol–water partition coefficient (Wildman–Crippen LogP) is 3.53. The molecule has 2 aromatic rings. The molecule has 2 N–H and O–H groups in total. The normalized spacial score (nSPS) is 14.9. The number of aliphatic imine (C=N–C) groups is 1. The number of rotatable bonds is 5. The van der Waals surface area contributed by atoms with Crippen LogP contribution >= 0.6 is 24.0 Å². The third-order valence-corrected chi connectivity index (χ3v) is 4.12. The Hall–Kier alpha value is -1.50. The Morgan fingerprint density at radius 2 is 2.00 bits per heavy atom. The fourth-order valence-electron chi connectivity index (χ4n) is 2.91. The zero-order chi connectivity index (χ0) is 15.2. The standard InChI is InChI=1S/C18H24N4.HI/c1-19-18(21-16-8-3-4-9-16)20-12-6-13-22-14-11-15-7-2-5-10-17(15)22;/h2-5,7,10-11,14,16H,6,8-9,12-13H2,1H3,(H2,19,20,21);1H. The lowest BCUT2D eigenvalue weighted by atomic mass is 10.2. The van der Waals surface area contributed by atoms with Gasteiger partial charge in [-0.05, 0) is 36.8 Å². The summed E-state index contributed by atoms with van der Waals surface area (Å²) >= 11 is 0. The third-order valence-electron chi connectivity index (χ3n) is 4.12. The van der Waals surface area contributed by atoms with E-state index in [1.54, 1.807) is 0 Å². The van der Waals surface area contributed by atoms with Crippen molar-refractivity contribution < 1.29 is 0 Å². The SMILES string of the molecule is CN=C(NCCCn1ccc2ccccc21)NC1CC=CC1.I. The lowest BCUT2D eigenvalue weighted by molar-refractivity contribution is 0.610. The second kappa shape index (κ2) is 8.96. The van der Waals surface area contributed by atoms with Crippen molar-refractivity contribution in [1.82, 2.24) is 15.2 Å². The molecule has 4 nitrogen and oxygen atoms in total. The average Bonchev–Trinajstić information content (AvgIpc) is 3.20. The molecular weight excluding hydrogens is 399 g/mol. The van der Waals surface area contributed by atoms with Gasteiger partial charge in [0.15, 0.2) is 5.96 Å². The Morgan fingerprint density at radius 3 is 2.78 bits per heavy atom. The maximum Gasteiger partial charge on any atom is 0.191 e. The molecule has 0 amide bonds. The predicted molar refractivity (Wildman–Crippen MR) is 109 cm³/mol. The second-order valence-corrected chi connectivity index (χ2v) is 5.70. The minimum absolute atomic E-state index is 0. The van der Waals surface area contributed by atoms with Crippen LogP contribution in [-0.2, 0) is 6.54 Å². The first kappa shape index (κ1) is 17.8. The van der Waals surface area contributed by atoms with Crippen molar-refractivity contribution >= 4 is 40.8 Å². The summed E-state index contributed by atoms with van der Waals surface area (Å²) in [4.78, 5) is 4.30. The number of aromatic nitrogens is 1.